The Kier molecular flexibility index (Phi) is 3.43. The van der Waals surface area contributed by atoms with Gasteiger partial charge in [-0.25, -0.2) is 0 Å². The lowest BCUT2D eigenvalue weighted by molar-refractivity contribution is -0.0586. The van der Waals surface area contributed by atoms with Crippen molar-refractivity contribution >= 4 is 17.3 Å². The maximum atomic E-state index is 12.4. The van der Waals surface area contributed by atoms with Crippen LogP contribution in [0.15, 0.2) is 18.2 Å². The number of hydrogen-bond donors (Lipinski definition) is 2. The van der Waals surface area contributed by atoms with Crippen LogP contribution in [0.3, 0.4) is 0 Å². The number of carbonyl (C=O) groups is 1. The minimum absolute atomic E-state index is 0.0454. The molecule has 5 nitrogen and oxygen atoms in total. The van der Waals surface area contributed by atoms with Gasteiger partial charge in [0.1, 0.15) is 0 Å². The molecule has 4 N–H and O–H groups in total. The van der Waals surface area contributed by atoms with Crippen molar-refractivity contribution in [2.45, 2.75) is 26.1 Å². The molecule has 0 aromatic heterocycles. The molecule has 0 aliphatic carbocycles. The molecule has 1 aliphatic heterocycles. The number of anilines is 2. The molecular weight excluding hydrogens is 230 g/mol. The van der Waals surface area contributed by atoms with Crippen molar-refractivity contribution in [1.29, 1.82) is 0 Å². The van der Waals surface area contributed by atoms with Crippen LogP contribution in [0.25, 0.3) is 0 Å². The SMILES string of the molecule is CC1CN(C(=O)c2cc(N)cc(N)c2)CC(C)O1. The molecule has 1 aromatic rings. The topological polar surface area (TPSA) is 81.6 Å². The quantitative estimate of drug-likeness (QED) is 0.730. The Morgan fingerprint density at radius 1 is 1.17 bits per heavy atom. The number of carbonyl (C=O) groups excluding carboxylic acids is 1. The Morgan fingerprint density at radius 3 is 2.17 bits per heavy atom. The first-order chi connectivity index (χ1) is 8.45. The van der Waals surface area contributed by atoms with Gasteiger partial charge in [0, 0.05) is 30.0 Å². The van der Waals surface area contributed by atoms with Crippen LogP contribution in [-0.4, -0.2) is 36.1 Å². The molecule has 0 bridgehead atoms. The lowest BCUT2D eigenvalue weighted by atomic mass is 10.1. The summed E-state index contributed by atoms with van der Waals surface area (Å²) in [6.45, 7) is 5.11. The summed E-state index contributed by atoms with van der Waals surface area (Å²) in [7, 11) is 0. The molecule has 1 fully saturated rings. The number of hydrogen-bond acceptors (Lipinski definition) is 4. The Balaban J connectivity index is 2.20. The van der Waals surface area contributed by atoms with Crippen molar-refractivity contribution in [2.24, 2.45) is 0 Å². The number of ether oxygens (including phenoxy) is 1. The third-order valence-electron chi connectivity index (χ3n) is 2.93. The predicted octanol–water partition coefficient (Wildman–Crippen LogP) is 1.10. The van der Waals surface area contributed by atoms with E-state index in [1.807, 2.05) is 13.8 Å². The van der Waals surface area contributed by atoms with Crippen LogP contribution in [0.1, 0.15) is 24.2 Å². The monoisotopic (exact) mass is 249 g/mol. The Morgan fingerprint density at radius 2 is 1.67 bits per heavy atom. The highest BCUT2D eigenvalue weighted by Crippen LogP contribution is 2.18. The standard InChI is InChI=1S/C13H19N3O2/c1-8-6-16(7-9(2)18-8)13(17)10-3-11(14)5-12(15)4-10/h3-5,8-9H,6-7,14-15H2,1-2H3. The zero-order chi connectivity index (χ0) is 13.3. The normalized spacial score (nSPS) is 24.0. The maximum Gasteiger partial charge on any atom is 0.254 e. The van der Waals surface area contributed by atoms with E-state index in [1.165, 1.54) is 0 Å². The molecular formula is C13H19N3O2. The third-order valence-corrected chi connectivity index (χ3v) is 2.93. The number of nitrogen functional groups attached to an aromatic ring is 2. The van der Waals surface area contributed by atoms with Crippen LogP contribution in [0.4, 0.5) is 11.4 Å². The first-order valence-corrected chi connectivity index (χ1v) is 6.06. The minimum atomic E-state index is -0.0454. The van der Waals surface area contributed by atoms with Crippen LogP contribution in [0.2, 0.25) is 0 Å². The second kappa shape index (κ2) is 4.86. The summed E-state index contributed by atoms with van der Waals surface area (Å²) in [5.41, 5.74) is 13.0. The summed E-state index contributed by atoms with van der Waals surface area (Å²) in [5.74, 6) is -0.0454. The predicted molar refractivity (Wildman–Crippen MR) is 71.2 cm³/mol. The van der Waals surface area contributed by atoms with Crippen LogP contribution in [0.5, 0.6) is 0 Å². The van der Waals surface area contributed by atoms with Gasteiger partial charge in [0.15, 0.2) is 0 Å². The van der Waals surface area contributed by atoms with Gasteiger partial charge in [-0.15, -0.1) is 0 Å². The molecule has 1 saturated heterocycles. The fraction of sp³-hybridized carbons (Fsp3) is 0.462. The number of nitrogens with zero attached hydrogens (tertiary/aromatic N) is 1. The van der Waals surface area contributed by atoms with Gasteiger partial charge in [0.05, 0.1) is 12.2 Å². The molecule has 5 heteroatoms. The van der Waals surface area contributed by atoms with E-state index in [0.29, 0.717) is 30.0 Å². The second-order valence-electron chi connectivity index (χ2n) is 4.86. The van der Waals surface area contributed by atoms with Crippen molar-refractivity contribution in [3.63, 3.8) is 0 Å². The smallest absolute Gasteiger partial charge is 0.254 e. The number of nitrogens with two attached hydrogens (primary N) is 2. The molecule has 1 aliphatic rings. The van der Waals surface area contributed by atoms with E-state index in [9.17, 15) is 4.79 Å². The van der Waals surface area contributed by atoms with E-state index in [4.69, 9.17) is 16.2 Å². The number of benzene rings is 1. The minimum Gasteiger partial charge on any atom is -0.399 e. The van der Waals surface area contributed by atoms with Gasteiger partial charge in [0.25, 0.3) is 5.91 Å². The lowest BCUT2D eigenvalue weighted by Crippen LogP contribution is -2.48. The molecule has 2 atom stereocenters. The van der Waals surface area contributed by atoms with Gasteiger partial charge in [-0.1, -0.05) is 0 Å². The summed E-state index contributed by atoms with van der Waals surface area (Å²) in [4.78, 5) is 14.1. The largest absolute Gasteiger partial charge is 0.399 e. The zero-order valence-electron chi connectivity index (χ0n) is 10.7. The van der Waals surface area contributed by atoms with Gasteiger partial charge in [-0.3, -0.25) is 4.79 Å². The second-order valence-corrected chi connectivity index (χ2v) is 4.86. The van der Waals surface area contributed by atoms with Crippen molar-refractivity contribution in [2.75, 3.05) is 24.6 Å². The first kappa shape index (κ1) is 12.7. The van der Waals surface area contributed by atoms with Crippen LogP contribution in [-0.2, 0) is 4.74 Å². The highest BCUT2D eigenvalue weighted by molar-refractivity contribution is 5.96. The fourth-order valence-electron chi connectivity index (χ4n) is 2.33. The van der Waals surface area contributed by atoms with Crippen molar-refractivity contribution in [3.05, 3.63) is 23.8 Å². The molecule has 18 heavy (non-hydrogen) atoms. The van der Waals surface area contributed by atoms with E-state index < -0.39 is 0 Å². The first-order valence-electron chi connectivity index (χ1n) is 6.06. The summed E-state index contributed by atoms with van der Waals surface area (Å²) in [5, 5.41) is 0. The van der Waals surface area contributed by atoms with Crippen molar-refractivity contribution < 1.29 is 9.53 Å². The fourth-order valence-corrected chi connectivity index (χ4v) is 2.33. The van der Waals surface area contributed by atoms with Gasteiger partial charge < -0.3 is 21.1 Å². The summed E-state index contributed by atoms with van der Waals surface area (Å²) in [6, 6.07) is 4.95. The van der Waals surface area contributed by atoms with Gasteiger partial charge >= 0.3 is 0 Å². The lowest BCUT2D eigenvalue weighted by Gasteiger charge is -2.35. The maximum absolute atomic E-state index is 12.4. The molecule has 1 amide bonds. The Labute approximate surface area is 107 Å². The molecule has 2 rings (SSSR count). The van der Waals surface area contributed by atoms with E-state index in [-0.39, 0.29) is 18.1 Å². The highest BCUT2D eigenvalue weighted by Gasteiger charge is 2.26. The summed E-state index contributed by atoms with van der Waals surface area (Å²) >= 11 is 0. The van der Waals surface area contributed by atoms with Crippen LogP contribution < -0.4 is 11.5 Å². The van der Waals surface area contributed by atoms with Gasteiger partial charge in [0.2, 0.25) is 0 Å². The van der Waals surface area contributed by atoms with E-state index in [1.54, 1.807) is 23.1 Å². The third kappa shape index (κ3) is 2.73. The molecule has 1 aromatic carbocycles. The van der Waals surface area contributed by atoms with E-state index in [2.05, 4.69) is 0 Å². The summed E-state index contributed by atoms with van der Waals surface area (Å²) < 4.78 is 5.61. The number of amides is 1. The van der Waals surface area contributed by atoms with E-state index >= 15 is 0 Å². The van der Waals surface area contributed by atoms with E-state index in [0.717, 1.165) is 0 Å². The summed E-state index contributed by atoms with van der Waals surface area (Å²) in [6.07, 6.45) is 0.104. The van der Waals surface area contributed by atoms with Crippen molar-refractivity contribution in [1.82, 2.24) is 4.90 Å². The highest BCUT2D eigenvalue weighted by atomic mass is 16.5. The molecule has 0 saturated carbocycles. The average molecular weight is 249 g/mol. The number of morpholine rings is 1. The Bertz CT molecular complexity index is 431. The molecule has 0 spiro atoms. The van der Waals surface area contributed by atoms with Gasteiger partial charge in [-0.2, -0.15) is 0 Å². The van der Waals surface area contributed by atoms with Crippen LogP contribution >= 0.6 is 0 Å². The average Bonchev–Trinajstić information content (AvgIpc) is 2.25. The Hall–Kier alpha value is -1.75. The van der Waals surface area contributed by atoms with Crippen LogP contribution in [0, 0.1) is 0 Å². The molecule has 98 valence electrons. The molecule has 1 heterocycles. The molecule has 0 radical (unpaired) electrons. The van der Waals surface area contributed by atoms with Crippen molar-refractivity contribution in [3.8, 4) is 0 Å². The number of rotatable bonds is 1. The molecule has 2 unspecified atom stereocenters. The zero-order valence-corrected chi connectivity index (χ0v) is 10.7. The van der Waals surface area contributed by atoms with Gasteiger partial charge in [-0.05, 0) is 32.0 Å².